The zero-order valence-electron chi connectivity index (χ0n) is 16.6. The van der Waals surface area contributed by atoms with Crippen LogP contribution in [0.25, 0.3) is 4.96 Å². The molecule has 30 heavy (non-hydrogen) atoms. The van der Waals surface area contributed by atoms with E-state index in [0.717, 1.165) is 36.6 Å². The van der Waals surface area contributed by atoms with Gasteiger partial charge in [0.1, 0.15) is 11.6 Å². The van der Waals surface area contributed by atoms with Crippen molar-refractivity contribution in [3.63, 3.8) is 0 Å². The molecule has 1 unspecified atom stereocenters. The average molecular weight is 424 g/mol. The zero-order chi connectivity index (χ0) is 20.7. The maximum atomic E-state index is 14.1. The van der Waals surface area contributed by atoms with Crippen molar-refractivity contribution in [2.24, 2.45) is 0 Å². The van der Waals surface area contributed by atoms with Crippen molar-refractivity contribution in [3.05, 3.63) is 76.7 Å². The molecule has 6 nitrogen and oxygen atoms in total. The molecular formula is C22H22FN5OS. The number of hydrogen-bond donors (Lipinski definition) is 1. The summed E-state index contributed by atoms with van der Waals surface area (Å²) in [6.45, 7) is 5.10. The number of halogens is 1. The van der Waals surface area contributed by atoms with Gasteiger partial charge >= 0.3 is 0 Å². The summed E-state index contributed by atoms with van der Waals surface area (Å²) in [5, 5.41) is 15.2. The van der Waals surface area contributed by atoms with Gasteiger partial charge in [-0.2, -0.15) is 4.52 Å². The van der Waals surface area contributed by atoms with Gasteiger partial charge < -0.3 is 10.0 Å². The molecular weight excluding hydrogens is 401 g/mol. The Morgan fingerprint density at radius 1 is 1.03 bits per heavy atom. The van der Waals surface area contributed by atoms with E-state index < -0.39 is 0 Å². The lowest BCUT2D eigenvalue weighted by atomic mass is 10.0. The van der Waals surface area contributed by atoms with Crippen LogP contribution >= 0.6 is 11.3 Å². The number of piperazine rings is 1. The summed E-state index contributed by atoms with van der Waals surface area (Å²) < 4.78 is 15.6. The Hall–Kier alpha value is -2.97. The summed E-state index contributed by atoms with van der Waals surface area (Å²) in [5.41, 5.74) is 2.02. The number of para-hydroxylation sites is 1. The number of hydrogen-bond acceptors (Lipinski definition) is 6. The van der Waals surface area contributed by atoms with E-state index >= 15 is 0 Å². The van der Waals surface area contributed by atoms with E-state index in [1.165, 1.54) is 27.6 Å². The maximum absolute atomic E-state index is 14.1. The molecule has 5 rings (SSSR count). The normalized spacial score (nSPS) is 16.3. The van der Waals surface area contributed by atoms with Gasteiger partial charge in [0.25, 0.3) is 0 Å². The Kier molecular flexibility index (Phi) is 4.88. The molecule has 4 aromatic rings. The van der Waals surface area contributed by atoms with Crippen LogP contribution in [0.15, 0.2) is 54.6 Å². The number of benzene rings is 2. The smallest absolute Gasteiger partial charge is 0.230 e. The number of nitrogens with zero attached hydrogens (tertiary/aromatic N) is 5. The zero-order valence-corrected chi connectivity index (χ0v) is 17.4. The Bertz CT molecular complexity index is 1170. The lowest BCUT2D eigenvalue weighted by Crippen LogP contribution is -2.47. The molecule has 3 heterocycles. The number of aromatic nitrogens is 3. The van der Waals surface area contributed by atoms with Gasteiger partial charge in [-0.15, -0.1) is 5.10 Å². The third kappa shape index (κ3) is 3.42. The predicted octanol–water partition coefficient (Wildman–Crippen LogP) is 3.86. The molecule has 1 N–H and O–H groups in total. The molecule has 0 spiro atoms. The number of rotatable bonds is 4. The van der Waals surface area contributed by atoms with Gasteiger partial charge in [0, 0.05) is 31.9 Å². The quantitative estimate of drug-likeness (QED) is 0.540. The highest BCUT2D eigenvalue weighted by Gasteiger charge is 2.32. The molecule has 1 saturated heterocycles. The second-order valence-corrected chi connectivity index (χ2v) is 8.47. The summed E-state index contributed by atoms with van der Waals surface area (Å²) in [4.78, 5) is 10.4. The summed E-state index contributed by atoms with van der Waals surface area (Å²) in [7, 11) is 0. The standard InChI is InChI=1S/C22H22FN5OS/c1-15-24-22-28(25-15)21(29)20(30-22)19(16-6-5-7-17(23)14-16)27-12-10-26(11-13-27)18-8-3-2-4-9-18/h2-9,14,19,29H,10-13H2,1H3. The molecule has 0 saturated carbocycles. The number of aryl methyl sites for hydroxylation is 1. The van der Waals surface area contributed by atoms with Crippen LogP contribution in [0.3, 0.4) is 0 Å². The van der Waals surface area contributed by atoms with Crippen LogP contribution in [-0.4, -0.2) is 50.8 Å². The minimum atomic E-state index is -0.282. The molecule has 1 aliphatic rings. The van der Waals surface area contributed by atoms with Gasteiger partial charge in [-0.25, -0.2) is 9.37 Å². The number of fused-ring (bicyclic) bond motifs is 1. The highest BCUT2D eigenvalue weighted by Crippen LogP contribution is 2.40. The lowest BCUT2D eigenvalue weighted by molar-refractivity contribution is 0.211. The largest absolute Gasteiger partial charge is 0.492 e. The van der Waals surface area contributed by atoms with E-state index in [-0.39, 0.29) is 17.7 Å². The third-order valence-corrected chi connectivity index (χ3v) is 6.59. The summed E-state index contributed by atoms with van der Waals surface area (Å²) >= 11 is 1.41. The number of aromatic hydroxyl groups is 1. The van der Waals surface area contributed by atoms with Crippen molar-refractivity contribution in [2.75, 3.05) is 31.1 Å². The monoisotopic (exact) mass is 423 g/mol. The van der Waals surface area contributed by atoms with Crippen molar-refractivity contribution in [3.8, 4) is 5.88 Å². The van der Waals surface area contributed by atoms with Crippen LogP contribution in [0.5, 0.6) is 5.88 Å². The van der Waals surface area contributed by atoms with Crippen molar-refractivity contribution in [1.82, 2.24) is 19.5 Å². The van der Waals surface area contributed by atoms with Crippen molar-refractivity contribution < 1.29 is 9.50 Å². The van der Waals surface area contributed by atoms with Crippen molar-refractivity contribution >= 4 is 22.0 Å². The highest BCUT2D eigenvalue weighted by molar-refractivity contribution is 7.17. The van der Waals surface area contributed by atoms with E-state index in [0.29, 0.717) is 10.8 Å². The van der Waals surface area contributed by atoms with Crippen LogP contribution in [-0.2, 0) is 0 Å². The van der Waals surface area contributed by atoms with E-state index in [1.54, 1.807) is 19.1 Å². The number of anilines is 1. The van der Waals surface area contributed by atoms with Gasteiger partial charge in [-0.1, -0.05) is 41.7 Å². The molecule has 8 heteroatoms. The Morgan fingerprint density at radius 3 is 2.50 bits per heavy atom. The molecule has 154 valence electrons. The summed E-state index contributed by atoms with van der Waals surface area (Å²) in [5.74, 6) is 0.410. The summed E-state index contributed by atoms with van der Waals surface area (Å²) in [6, 6.07) is 16.7. The van der Waals surface area contributed by atoms with Crippen LogP contribution in [0.1, 0.15) is 22.3 Å². The maximum Gasteiger partial charge on any atom is 0.230 e. The minimum absolute atomic E-state index is 0.0790. The van der Waals surface area contributed by atoms with Crippen LogP contribution in [0.2, 0.25) is 0 Å². The molecule has 1 atom stereocenters. The molecule has 2 aromatic carbocycles. The fraction of sp³-hybridized carbons (Fsp3) is 0.273. The van der Waals surface area contributed by atoms with E-state index in [2.05, 4.69) is 32.0 Å². The molecule has 0 radical (unpaired) electrons. The Balaban J connectivity index is 1.49. The Morgan fingerprint density at radius 2 is 1.80 bits per heavy atom. The fourth-order valence-corrected chi connectivity index (χ4v) is 5.27. The molecule has 0 amide bonds. The van der Waals surface area contributed by atoms with Gasteiger partial charge in [-0.3, -0.25) is 4.90 Å². The van der Waals surface area contributed by atoms with E-state index in [4.69, 9.17) is 0 Å². The SMILES string of the molecule is Cc1nc2sc(C(c3cccc(F)c3)N3CCN(c4ccccc4)CC3)c(O)n2n1. The second-order valence-electron chi connectivity index (χ2n) is 7.46. The van der Waals surface area contributed by atoms with Crippen LogP contribution in [0.4, 0.5) is 10.1 Å². The first-order valence-corrected chi connectivity index (χ1v) is 10.8. The first-order valence-electron chi connectivity index (χ1n) is 9.94. The number of thiazole rings is 1. The van der Waals surface area contributed by atoms with Gasteiger partial charge in [0.2, 0.25) is 10.8 Å². The first kappa shape index (κ1) is 19.0. The Labute approximate surface area is 177 Å². The highest BCUT2D eigenvalue weighted by atomic mass is 32.1. The van der Waals surface area contributed by atoms with E-state index in [9.17, 15) is 9.50 Å². The second kappa shape index (κ2) is 7.70. The average Bonchev–Trinajstić information content (AvgIpc) is 3.27. The van der Waals surface area contributed by atoms with Crippen molar-refractivity contribution in [2.45, 2.75) is 13.0 Å². The molecule has 2 aromatic heterocycles. The molecule has 1 fully saturated rings. The van der Waals surface area contributed by atoms with Gasteiger partial charge in [0.15, 0.2) is 0 Å². The van der Waals surface area contributed by atoms with Crippen LogP contribution < -0.4 is 4.90 Å². The topological polar surface area (TPSA) is 56.9 Å². The van der Waals surface area contributed by atoms with Gasteiger partial charge in [0.05, 0.1) is 10.9 Å². The minimum Gasteiger partial charge on any atom is -0.492 e. The van der Waals surface area contributed by atoms with Crippen LogP contribution in [0, 0.1) is 12.7 Å². The van der Waals surface area contributed by atoms with E-state index in [1.807, 2.05) is 24.3 Å². The predicted molar refractivity (Wildman–Crippen MR) is 116 cm³/mol. The summed E-state index contributed by atoms with van der Waals surface area (Å²) in [6.07, 6.45) is 0. The third-order valence-electron chi connectivity index (χ3n) is 5.52. The fourth-order valence-electron chi connectivity index (χ4n) is 4.11. The first-order chi connectivity index (χ1) is 14.6. The molecule has 0 bridgehead atoms. The molecule has 1 aliphatic heterocycles. The molecule has 0 aliphatic carbocycles. The van der Waals surface area contributed by atoms with Gasteiger partial charge in [-0.05, 0) is 36.8 Å². The lowest BCUT2D eigenvalue weighted by Gasteiger charge is -2.40. The van der Waals surface area contributed by atoms with Crippen molar-refractivity contribution in [1.29, 1.82) is 0 Å².